The van der Waals surface area contributed by atoms with Gasteiger partial charge >= 0.3 is 0 Å². The van der Waals surface area contributed by atoms with Crippen LogP contribution in [0.15, 0.2) is 79.0 Å². The summed E-state index contributed by atoms with van der Waals surface area (Å²) in [5, 5.41) is 5.05. The molecular formula is C30H25NO. The average Bonchev–Trinajstić information content (AvgIpc) is 3.05. The third-order valence-corrected chi connectivity index (χ3v) is 7.05. The summed E-state index contributed by atoms with van der Waals surface area (Å²) in [7, 11) is 1.73. The first-order valence-electron chi connectivity index (χ1n) is 11.1. The molecule has 0 saturated heterocycles. The zero-order valence-corrected chi connectivity index (χ0v) is 18.9. The van der Waals surface area contributed by atoms with Gasteiger partial charge in [0.25, 0.3) is 0 Å². The van der Waals surface area contributed by atoms with Crippen molar-refractivity contribution in [3.05, 3.63) is 95.7 Å². The predicted molar refractivity (Wildman–Crippen MR) is 134 cm³/mol. The van der Waals surface area contributed by atoms with Crippen LogP contribution in [-0.4, -0.2) is 12.1 Å². The van der Waals surface area contributed by atoms with E-state index in [1.54, 1.807) is 7.11 Å². The van der Waals surface area contributed by atoms with E-state index >= 15 is 0 Å². The van der Waals surface area contributed by atoms with Crippen LogP contribution in [0, 0.1) is 6.92 Å². The van der Waals surface area contributed by atoms with Gasteiger partial charge in [0.05, 0.1) is 12.8 Å². The lowest BCUT2D eigenvalue weighted by molar-refractivity contribution is 0.413. The molecule has 0 spiro atoms. The minimum atomic E-state index is -0.0984. The first-order valence-corrected chi connectivity index (χ1v) is 11.1. The first kappa shape index (κ1) is 19.1. The largest absolute Gasteiger partial charge is 0.497 e. The summed E-state index contributed by atoms with van der Waals surface area (Å²) < 4.78 is 5.53. The number of rotatable bonds is 2. The Bertz CT molecular complexity index is 1540. The maximum Gasteiger partial charge on any atom is 0.119 e. The second-order valence-corrected chi connectivity index (χ2v) is 9.31. The van der Waals surface area contributed by atoms with Gasteiger partial charge in [0, 0.05) is 22.6 Å². The summed E-state index contributed by atoms with van der Waals surface area (Å²) >= 11 is 0. The number of aryl methyl sites for hydroxylation is 1. The Morgan fingerprint density at radius 3 is 2.31 bits per heavy atom. The number of ether oxygens (including phenoxy) is 1. The van der Waals surface area contributed by atoms with Crippen LogP contribution in [0.3, 0.4) is 0 Å². The van der Waals surface area contributed by atoms with Gasteiger partial charge in [0.15, 0.2) is 0 Å². The summed E-state index contributed by atoms with van der Waals surface area (Å²) in [5.41, 5.74) is 8.71. The van der Waals surface area contributed by atoms with Crippen LogP contribution >= 0.6 is 0 Å². The molecule has 1 heterocycles. The molecule has 156 valence electrons. The summed E-state index contributed by atoms with van der Waals surface area (Å²) in [5.74, 6) is 0.910. The lowest BCUT2D eigenvalue weighted by atomic mass is 9.79. The summed E-state index contributed by atoms with van der Waals surface area (Å²) in [6, 6.07) is 26.3. The molecule has 0 atom stereocenters. The first-order chi connectivity index (χ1) is 15.5. The van der Waals surface area contributed by atoms with Crippen LogP contribution < -0.4 is 4.74 Å². The molecule has 2 heteroatoms. The van der Waals surface area contributed by atoms with Crippen molar-refractivity contribution in [2.24, 2.45) is 0 Å². The Hall–Kier alpha value is -3.65. The summed E-state index contributed by atoms with van der Waals surface area (Å²) in [6.45, 7) is 6.78. The minimum Gasteiger partial charge on any atom is -0.497 e. The number of hydrogen-bond acceptors (Lipinski definition) is 2. The Labute approximate surface area is 188 Å². The fraction of sp³-hybridized carbons (Fsp3) is 0.167. The van der Waals surface area contributed by atoms with Crippen molar-refractivity contribution in [3.8, 4) is 28.1 Å². The van der Waals surface area contributed by atoms with E-state index in [0.717, 1.165) is 17.0 Å². The van der Waals surface area contributed by atoms with Crippen LogP contribution in [0.1, 0.15) is 30.5 Å². The van der Waals surface area contributed by atoms with Gasteiger partial charge in [-0.3, -0.25) is 4.98 Å². The van der Waals surface area contributed by atoms with Gasteiger partial charge in [-0.05, 0) is 69.6 Å². The van der Waals surface area contributed by atoms with Crippen molar-refractivity contribution in [2.75, 3.05) is 7.11 Å². The normalized spacial score (nSPS) is 13.9. The lowest BCUT2D eigenvalue weighted by Crippen LogP contribution is -2.15. The molecule has 1 aliphatic carbocycles. The quantitative estimate of drug-likeness (QED) is 0.276. The van der Waals surface area contributed by atoms with Crippen molar-refractivity contribution in [1.82, 2.24) is 4.98 Å². The molecule has 0 unspecified atom stereocenters. The Morgan fingerprint density at radius 1 is 0.750 bits per heavy atom. The van der Waals surface area contributed by atoms with Crippen LogP contribution in [0.5, 0.6) is 5.75 Å². The Morgan fingerprint density at radius 2 is 1.50 bits per heavy atom. The molecular weight excluding hydrogens is 390 g/mol. The Kier molecular flexibility index (Phi) is 3.98. The number of fused-ring (bicyclic) bond motifs is 7. The van der Waals surface area contributed by atoms with E-state index in [0.29, 0.717) is 0 Å². The van der Waals surface area contributed by atoms with Gasteiger partial charge in [-0.15, -0.1) is 0 Å². The molecule has 0 saturated carbocycles. The summed E-state index contributed by atoms with van der Waals surface area (Å²) in [6.07, 6.45) is 1.94. The van der Waals surface area contributed by atoms with Crippen molar-refractivity contribution in [1.29, 1.82) is 0 Å². The molecule has 6 rings (SSSR count). The van der Waals surface area contributed by atoms with Gasteiger partial charge in [0.2, 0.25) is 0 Å². The molecule has 1 aromatic heterocycles. The van der Waals surface area contributed by atoms with E-state index in [1.807, 2.05) is 6.20 Å². The molecule has 1 aliphatic rings. The topological polar surface area (TPSA) is 22.1 Å². The van der Waals surface area contributed by atoms with Crippen molar-refractivity contribution >= 4 is 21.5 Å². The highest BCUT2D eigenvalue weighted by atomic mass is 16.5. The minimum absolute atomic E-state index is 0.0984. The van der Waals surface area contributed by atoms with Crippen molar-refractivity contribution in [3.63, 3.8) is 0 Å². The molecule has 0 amide bonds. The smallest absolute Gasteiger partial charge is 0.119 e. The molecule has 0 radical (unpaired) electrons. The fourth-order valence-corrected chi connectivity index (χ4v) is 5.53. The van der Waals surface area contributed by atoms with Crippen molar-refractivity contribution in [2.45, 2.75) is 26.2 Å². The highest BCUT2D eigenvalue weighted by Crippen LogP contribution is 2.52. The molecule has 0 fully saturated rings. The summed E-state index contributed by atoms with van der Waals surface area (Å²) in [4.78, 5) is 4.76. The number of aromatic nitrogens is 1. The monoisotopic (exact) mass is 415 g/mol. The second-order valence-electron chi connectivity index (χ2n) is 9.31. The maximum absolute atomic E-state index is 5.53. The molecule has 0 N–H and O–H groups in total. The van der Waals surface area contributed by atoms with Gasteiger partial charge in [-0.1, -0.05) is 67.9 Å². The molecule has 2 nitrogen and oxygen atoms in total. The fourth-order valence-electron chi connectivity index (χ4n) is 5.53. The number of methoxy groups -OCH3 is 1. The van der Waals surface area contributed by atoms with Gasteiger partial charge in [-0.25, -0.2) is 0 Å². The molecule has 32 heavy (non-hydrogen) atoms. The van der Waals surface area contributed by atoms with Crippen LogP contribution in [-0.2, 0) is 5.41 Å². The molecule has 0 bridgehead atoms. The van der Waals surface area contributed by atoms with Gasteiger partial charge in [0.1, 0.15) is 5.75 Å². The van der Waals surface area contributed by atoms with Crippen LogP contribution in [0.2, 0.25) is 0 Å². The number of nitrogens with zero attached hydrogens (tertiary/aromatic N) is 1. The van der Waals surface area contributed by atoms with Crippen LogP contribution in [0.25, 0.3) is 43.9 Å². The molecule has 4 aromatic carbocycles. The standard InChI is InChI=1S/C30H25NO/c1-18-6-5-7-19(16-18)29-26-13-12-24-21(22(26)14-15-31-29)10-11-25-23-9-8-20(32-4)17-27(23)30(2,3)28(24)25/h5-17H,1-4H3. The molecule has 5 aromatic rings. The highest BCUT2D eigenvalue weighted by Gasteiger charge is 2.37. The number of benzene rings is 4. The Balaban J connectivity index is 1.64. The third-order valence-electron chi connectivity index (χ3n) is 7.05. The zero-order valence-electron chi connectivity index (χ0n) is 18.9. The average molecular weight is 416 g/mol. The van der Waals surface area contributed by atoms with E-state index in [-0.39, 0.29) is 5.41 Å². The predicted octanol–water partition coefficient (Wildman–Crippen LogP) is 7.68. The molecule has 0 aliphatic heterocycles. The van der Waals surface area contributed by atoms with Gasteiger partial charge < -0.3 is 4.74 Å². The maximum atomic E-state index is 5.53. The number of hydrogen-bond donors (Lipinski definition) is 0. The van der Waals surface area contributed by atoms with E-state index in [2.05, 4.69) is 93.6 Å². The second kappa shape index (κ2) is 6.67. The van der Waals surface area contributed by atoms with E-state index in [9.17, 15) is 0 Å². The van der Waals surface area contributed by atoms with E-state index in [4.69, 9.17) is 9.72 Å². The van der Waals surface area contributed by atoms with E-state index in [1.165, 1.54) is 49.4 Å². The lowest BCUT2D eigenvalue weighted by Gasteiger charge is -2.24. The van der Waals surface area contributed by atoms with Gasteiger partial charge in [-0.2, -0.15) is 0 Å². The highest BCUT2D eigenvalue weighted by molar-refractivity contribution is 6.14. The zero-order chi connectivity index (χ0) is 22.0. The SMILES string of the molecule is COc1ccc2c(c1)C(C)(C)c1c-2ccc2c1ccc1c(-c3cccc(C)c3)nccc12. The van der Waals surface area contributed by atoms with E-state index < -0.39 is 0 Å². The van der Waals surface area contributed by atoms with Crippen LogP contribution in [0.4, 0.5) is 0 Å². The number of pyridine rings is 1. The third kappa shape index (κ3) is 2.56. The van der Waals surface area contributed by atoms with Crippen molar-refractivity contribution < 1.29 is 4.74 Å².